The molecule has 5 nitrogen and oxygen atoms in total. The van der Waals surface area contributed by atoms with Crippen molar-refractivity contribution in [2.75, 3.05) is 32.7 Å². The second-order valence-corrected chi connectivity index (χ2v) is 12.6. The van der Waals surface area contributed by atoms with E-state index in [0.29, 0.717) is 18.2 Å². The number of carbonyl (C=O) groups is 2. The maximum Gasteiger partial charge on any atom is 0.219 e. The Labute approximate surface area is 194 Å². The first-order valence-corrected chi connectivity index (χ1v) is 13.4. The number of piperazine rings is 1. The quantitative estimate of drug-likeness (QED) is 0.720. The van der Waals surface area contributed by atoms with E-state index in [1.54, 1.807) is 6.92 Å². The first-order valence-electron chi connectivity index (χ1n) is 13.4. The molecule has 0 aromatic carbocycles. The zero-order valence-electron chi connectivity index (χ0n) is 20.5. The predicted molar refractivity (Wildman–Crippen MR) is 125 cm³/mol. The van der Waals surface area contributed by atoms with E-state index in [1.807, 2.05) is 11.8 Å². The topological polar surface area (TPSA) is 60.9 Å². The fourth-order valence-corrected chi connectivity index (χ4v) is 9.16. The van der Waals surface area contributed by atoms with Crippen molar-refractivity contribution >= 4 is 11.7 Å². The highest BCUT2D eigenvalue weighted by Crippen LogP contribution is 2.64. The van der Waals surface area contributed by atoms with Crippen molar-refractivity contribution in [1.29, 1.82) is 0 Å². The fraction of sp³-hybridized carbons (Fsp3) is 0.926. The van der Waals surface area contributed by atoms with E-state index in [2.05, 4.69) is 11.8 Å². The monoisotopic (exact) mass is 444 g/mol. The van der Waals surface area contributed by atoms with Crippen LogP contribution in [0.1, 0.15) is 78.6 Å². The van der Waals surface area contributed by atoms with Gasteiger partial charge in [-0.15, -0.1) is 0 Å². The van der Waals surface area contributed by atoms with Crippen molar-refractivity contribution in [2.24, 2.45) is 40.9 Å². The van der Waals surface area contributed by atoms with Gasteiger partial charge >= 0.3 is 0 Å². The van der Waals surface area contributed by atoms with Crippen LogP contribution in [0.25, 0.3) is 0 Å². The summed E-state index contributed by atoms with van der Waals surface area (Å²) in [6, 6.07) is 0. The molecule has 1 saturated heterocycles. The molecule has 5 aliphatic rings. The third kappa shape index (κ3) is 3.96. The molecule has 1 amide bonds. The molecule has 32 heavy (non-hydrogen) atoms. The summed E-state index contributed by atoms with van der Waals surface area (Å²) in [5.41, 5.74) is -0.260. The van der Waals surface area contributed by atoms with Gasteiger partial charge < -0.3 is 10.0 Å². The van der Waals surface area contributed by atoms with Crippen LogP contribution < -0.4 is 0 Å². The standard InChI is InChI=1S/C27H44N2O3/c1-18(30)29-14-12-28(13-15-29)17-25(31)24-7-6-23-22-5-4-19-16-26(2,32)10-8-20(19)21(22)9-11-27(23,24)3/h19-24,32H,4-17H2,1-3H3/t19-,20-,21+,22+,23-,24+,26+,27-/m0/s1. The van der Waals surface area contributed by atoms with Crippen molar-refractivity contribution in [3.63, 3.8) is 0 Å². The van der Waals surface area contributed by atoms with E-state index in [4.69, 9.17) is 0 Å². The third-order valence-electron chi connectivity index (χ3n) is 10.8. The second-order valence-electron chi connectivity index (χ2n) is 12.6. The van der Waals surface area contributed by atoms with Gasteiger partial charge in [-0.1, -0.05) is 6.92 Å². The number of hydrogen-bond acceptors (Lipinski definition) is 4. The summed E-state index contributed by atoms with van der Waals surface area (Å²) in [4.78, 5) is 29.3. The number of hydrogen-bond donors (Lipinski definition) is 1. The number of amides is 1. The molecule has 5 fully saturated rings. The Morgan fingerprint density at radius 3 is 2.31 bits per heavy atom. The minimum absolute atomic E-state index is 0.148. The van der Waals surface area contributed by atoms with E-state index in [-0.39, 0.29) is 17.2 Å². The molecule has 0 unspecified atom stereocenters. The molecule has 1 N–H and O–H groups in total. The van der Waals surface area contributed by atoms with Crippen molar-refractivity contribution in [1.82, 2.24) is 9.80 Å². The van der Waals surface area contributed by atoms with E-state index in [0.717, 1.165) is 69.1 Å². The number of Topliss-reactive ketones (excluding diaryl/α,β-unsaturated/α-hetero) is 1. The molecule has 0 aromatic rings. The summed E-state index contributed by atoms with van der Waals surface area (Å²) in [6.45, 7) is 9.88. The van der Waals surface area contributed by atoms with Crippen molar-refractivity contribution in [3.05, 3.63) is 0 Å². The molecular formula is C27H44N2O3. The van der Waals surface area contributed by atoms with Crippen LogP contribution in [0.3, 0.4) is 0 Å². The molecule has 0 bridgehead atoms. The Hall–Kier alpha value is -0.940. The highest BCUT2D eigenvalue weighted by molar-refractivity contribution is 5.84. The average molecular weight is 445 g/mol. The first kappa shape index (κ1) is 22.8. The zero-order valence-corrected chi connectivity index (χ0v) is 20.5. The van der Waals surface area contributed by atoms with E-state index in [9.17, 15) is 14.7 Å². The summed E-state index contributed by atoms with van der Waals surface area (Å²) < 4.78 is 0. The first-order chi connectivity index (χ1) is 15.2. The van der Waals surface area contributed by atoms with Gasteiger partial charge in [0, 0.05) is 39.0 Å². The number of ketones is 1. The molecule has 1 aliphatic heterocycles. The van der Waals surface area contributed by atoms with Gasteiger partial charge in [-0.05, 0) is 99.7 Å². The van der Waals surface area contributed by atoms with Gasteiger partial charge in [0.05, 0.1) is 12.1 Å². The smallest absolute Gasteiger partial charge is 0.219 e. The lowest BCUT2D eigenvalue weighted by Gasteiger charge is -2.57. The average Bonchev–Trinajstić information content (AvgIpc) is 3.10. The lowest BCUT2D eigenvalue weighted by Crippen LogP contribution is -2.52. The fourth-order valence-electron chi connectivity index (χ4n) is 9.16. The summed E-state index contributed by atoms with van der Waals surface area (Å²) in [5, 5.41) is 10.6. The van der Waals surface area contributed by atoms with E-state index < -0.39 is 5.60 Å². The summed E-state index contributed by atoms with van der Waals surface area (Å²) in [7, 11) is 0. The lowest BCUT2D eigenvalue weighted by molar-refractivity contribution is -0.134. The molecule has 0 radical (unpaired) electrons. The largest absolute Gasteiger partial charge is 0.390 e. The zero-order chi connectivity index (χ0) is 22.7. The van der Waals surface area contributed by atoms with Crippen LogP contribution in [0.15, 0.2) is 0 Å². The minimum Gasteiger partial charge on any atom is -0.390 e. The summed E-state index contributed by atoms with van der Waals surface area (Å²) in [6.07, 6.45) is 10.6. The Morgan fingerprint density at radius 2 is 1.59 bits per heavy atom. The molecule has 4 saturated carbocycles. The van der Waals surface area contributed by atoms with Gasteiger partial charge in [-0.3, -0.25) is 14.5 Å². The maximum absolute atomic E-state index is 13.5. The number of rotatable bonds is 3. The summed E-state index contributed by atoms with van der Waals surface area (Å²) >= 11 is 0. The molecule has 0 spiro atoms. The predicted octanol–water partition coefficient (Wildman–Crippen LogP) is 3.74. The van der Waals surface area contributed by atoms with E-state index in [1.165, 1.54) is 38.5 Å². The van der Waals surface area contributed by atoms with Crippen molar-refractivity contribution < 1.29 is 14.7 Å². The minimum atomic E-state index is -0.446. The Kier molecular flexibility index (Phi) is 5.97. The Morgan fingerprint density at radius 1 is 0.875 bits per heavy atom. The normalized spacial score (nSPS) is 46.8. The SMILES string of the molecule is CC(=O)N1CCN(CC(=O)[C@H]2CC[C@H]3[C@@H]4CC[C@H]5C[C@](C)(O)CC[C@@H]5[C@H]4CC[C@]23C)CC1. The van der Waals surface area contributed by atoms with Crippen molar-refractivity contribution in [2.45, 2.75) is 84.2 Å². The van der Waals surface area contributed by atoms with Gasteiger partial charge in [-0.25, -0.2) is 0 Å². The van der Waals surface area contributed by atoms with Crippen LogP contribution in [0, 0.1) is 40.9 Å². The van der Waals surface area contributed by atoms with Crippen LogP contribution in [-0.2, 0) is 9.59 Å². The molecule has 8 atom stereocenters. The molecule has 0 aromatic heterocycles. The highest BCUT2D eigenvalue weighted by Gasteiger charge is 2.58. The Balaban J connectivity index is 1.22. The van der Waals surface area contributed by atoms with Crippen LogP contribution in [0.2, 0.25) is 0 Å². The van der Waals surface area contributed by atoms with Crippen LogP contribution in [-0.4, -0.2) is 64.9 Å². The van der Waals surface area contributed by atoms with Crippen LogP contribution in [0.4, 0.5) is 0 Å². The molecule has 5 rings (SSSR count). The molecule has 1 heterocycles. The Bertz CT molecular complexity index is 743. The molecule has 180 valence electrons. The maximum atomic E-state index is 13.5. The number of fused-ring (bicyclic) bond motifs is 5. The number of aliphatic hydroxyl groups is 1. The van der Waals surface area contributed by atoms with Gasteiger partial charge in [0.25, 0.3) is 0 Å². The van der Waals surface area contributed by atoms with Crippen LogP contribution in [0.5, 0.6) is 0 Å². The van der Waals surface area contributed by atoms with Gasteiger partial charge in [0.1, 0.15) is 5.78 Å². The van der Waals surface area contributed by atoms with Crippen molar-refractivity contribution in [3.8, 4) is 0 Å². The second kappa shape index (κ2) is 8.37. The molecular weight excluding hydrogens is 400 g/mol. The van der Waals surface area contributed by atoms with Gasteiger partial charge in [0.15, 0.2) is 0 Å². The third-order valence-corrected chi connectivity index (χ3v) is 10.8. The highest BCUT2D eigenvalue weighted by atomic mass is 16.3. The lowest BCUT2D eigenvalue weighted by atomic mass is 9.49. The summed E-state index contributed by atoms with van der Waals surface area (Å²) in [5.74, 6) is 4.72. The van der Waals surface area contributed by atoms with Gasteiger partial charge in [-0.2, -0.15) is 0 Å². The number of nitrogens with zero attached hydrogens (tertiary/aromatic N) is 2. The number of carbonyl (C=O) groups excluding carboxylic acids is 2. The van der Waals surface area contributed by atoms with Crippen LogP contribution >= 0.6 is 0 Å². The van der Waals surface area contributed by atoms with Gasteiger partial charge in [0.2, 0.25) is 5.91 Å². The molecule has 4 aliphatic carbocycles. The van der Waals surface area contributed by atoms with E-state index >= 15 is 0 Å². The molecule has 5 heteroatoms.